The molecule has 1 amide bonds. The zero-order valence-electron chi connectivity index (χ0n) is 15.4. The fraction of sp³-hybridized carbons (Fsp3) is 0.316. The van der Waals surface area contributed by atoms with Gasteiger partial charge in [0.05, 0.1) is 34.3 Å². The highest BCUT2D eigenvalue weighted by Crippen LogP contribution is 2.28. The maximum absolute atomic E-state index is 13.0. The van der Waals surface area contributed by atoms with Crippen LogP contribution in [0.3, 0.4) is 0 Å². The van der Waals surface area contributed by atoms with E-state index in [2.05, 4.69) is 31.3 Å². The summed E-state index contributed by atoms with van der Waals surface area (Å²) >= 11 is 3.48. The van der Waals surface area contributed by atoms with Crippen LogP contribution >= 0.6 is 15.9 Å². The topological polar surface area (TPSA) is 69.0 Å². The van der Waals surface area contributed by atoms with Gasteiger partial charge in [-0.15, -0.1) is 0 Å². The highest BCUT2D eigenvalue weighted by atomic mass is 79.9. The van der Waals surface area contributed by atoms with Gasteiger partial charge in [0, 0.05) is 12.7 Å². The molecule has 1 unspecified atom stereocenters. The van der Waals surface area contributed by atoms with Gasteiger partial charge in [-0.05, 0) is 60.5 Å². The van der Waals surface area contributed by atoms with E-state index < -0.39 is 0 Å². The van der Waals surface area contributed by atoms with Crippen LogP contribution in [0.4, 0.5) is 0 Å². The summed E-state index contributed by atoms with van der Waals surface area (Å²) < 4.78 is 7.81. The number of amides is 1. The third kappa shape index (κ3) is 3.31. The number of aryl methyl sites for hydroxylation is 3. The quantitative estimate of drug-likeness (QED) is 0.700. The molecule has 2 heterocycles. The average Bonchev–Trinajstić information content (AvgIpc) is 2.88. The average molecular weight is 417 g/mol. The van der Waals surface area contributed by atoms with Crippen LogP contribution in [0.15, 0.2) is 28.7 Å². The first kappa shape index (κ1) is 18.4. The number of rotatable bonds is 4. The molecule has 1 atom stereocenters. The van der Waals surface area contributed by atoms with Crippen LogP contribution < -0.4 is 10.1 Å². The molecule has 7 heteroatoms. The van der Waals surface area contributed by atoms with Crippen molar-refractivity contribution in [2.45, 2.75) is 26.8 Å². The molecule has 1 N–H and O–H groups in total. The summed E-state index contributed by atoms with van der Waals surface area (Å²) in [6.07, 6.45) is 0. The molecule has 0 saturated heterocycles. The lowest BCUT2D eigenvalue weighted by Gasteiger charge is -2.16. The molecule has 0 saturated carbocycles. The molecule has 0 aliphatic carbocycles. The minimum atomic E-state index is -0.162. The molecular weight excluding hydrogens is 396 g/mol. The van der Waals surface area contributed by atoms with Crippen LogP contribution in [-0.2, 0) is 7.05 Å². The second kappa shape index (κ2) is 7.07. The number of nitrogens with zero attached hydrogens (tertiary/aromatic N) is 3. The maximum Gasteiger partial charge on any atom is 0.252 e. The lowest BCUT2D eigenvalue weighted by molar-refractivity contribution is 0.0941. The van der Waals surface area contributed by atoms with Crippen molar-refractivity contribution in [3.8, 4) is 5.75 Å². The number of ether oxygens (including phenoxy) is 1. The van der Waals surface area contributed by atoms with Crippen molar-refractivity contribution < 1.29 is 9.53 Å². The zero-order chi connectivity index (χ0) is 19.0. The van der Waals surface area contributed by atoms with Crippen molar-refractivity contribution in [3.63, 3.8) is 0 Å². The molecule has 0 aliphatic heterocycles. The van der Waals surface area contributed by atoms with E-state index in [-0.39, 0.29) is 11.9 Å². The van der Waals surface area contributed by atoms with E-state index in [1.807, 2.05) is 52.1 Å². The largest absolute Gasteiger partial charge is 0.496 e. The van der Waals surface area contributed by atoms with Gasteiger partial charge in [-0.25, -0.2) is 4.98 Å². The van der Waals surface area contributed by atoms with E-state index in [0.717, 1.165) is 32.6 Å². The van der Waals surface area contributed by atoms with Gasteiger partial charge in [-0.1, -0.05) is 6.07 Å². The molecule has 26 heavy (non-hydrogen) atoms. The molecule has 0 fully saturated rings. The summed E-state index contributed by atoms with van der Waals surface area (Å²) in [5.41, 5.74) is 3.87. The Morgan fingerprint density at radius 1 is 1.31 bits per heavy atom. The van der Waals surface area contributed by atoms with Gasteiger partial charge >= 0.3 is 0 Å². The first-order valence-corrected chi connectivity index (χ1v) is 9.06. The number of hydrogen-bond acceptors (Lipinski definition) is 4. The minimum Gasteiger partial charge on any atom is -0.496 e. The Morgan fingerprint density at radius 3 is 2.69 bits per heavy atom. The number of hydrogen-bond donors (Lipinski definition) is 1. The van der Waals surface area contributed by atoms with Crippen LogP contribution in [-0.4, -0.2) is 27.8 Å². The molecule has 3 rings (SSSR count). The van der Waals surface area contributed by atoms with Crippen molar-refractivity contribution in [2.75, 3.05) is 7.11 Å². The van der Waals surface area contributed by atoms with E-state index >= 15 is 0 Å². The van der Waals surface area contributed by atoms with E-state index in [0.29, 0.717) is 11.2 Å². The SMILES string of the molecule is COc1ccc(C(C)NC(=O)c2cc(C)nc3c2c(C)nn3C)cc1Br. The number of carbonyl (C=O) groups is 1. The number of pyridine rings is 1. The van der Waals surface area contributed by atoms with Crippen LogP contribution in [0.5, 0.6) is 5.75 Å². The van der Waals surface area contributed by atoms with Gasteiger partial charge in [-0.3, -0.25) is 9.48 Å². The van der Waals surface area contributed by atoms with E-state index in [4.69, 9.17) is 4.74 Å². The monoisotopic (exact) mass is 416 g/mol. The molecule has 136 valence electrons. The number of methoxy groups -OCH3 is 1. The first-order chi connectivity index (χ1) is 12.3. The Kier molecular flexibility index (Phi) is 5.00. The highest BCUT2D eigenvalue weighted by Gasteiger charge is 2.19. The number of aromatic nitrogens is 3. The molecule has 3 aromatic rings. The van der Waals surface area contributed by atoms with Gasteiger partial charge in [0.25, 0.3) is 5.91 Å². The van der Waals surface area contributed by atoms with Crippen molar-refractivity contribution in [1.29, 1.82) is 0 Å². The number of carbonyl (C=O) groups excluding carboxylic acids is 1. The summed E-state index contributed by atoms with van der Waals surface area (Å²) in [7, 11) is 3.46. The molecule has 6 nitrogen and oxygen atoms in total. The predicted molar refractivity (Wildman–Crippen MR) is 105 cm³/mol. The van der Waals surface area contributed by atoms with Gasteiger partial charge < -0.3 is 10.1 Å². The summed E-state index contributed by atoms with van der Waals surface area (Å²) in [6.45, 7) is 5.72. The molecule has 0 aliphatic rings. The number of fused-ring (bicyclic) bond motifs is 1. The third-order valence-corrected chi connectivity index (χ3v) is 4.98. The minimum absolute atomic E-state index is 0.143. The molecule has 2 aromatic heterocycles. The smallest absolute Gasteiger partial charge is 0.252 e. The second-order valence-corrected chi connectivity index (χ2v) is 7.16. The number of nitrogens with one attached hydrogen (secondary N) is 1. The van der Waals surface area contributed by atoms with Crippen LogP contribution in [0.1, 0.15) is 40.3 Å². The van der Waals surface area contributed by atoms with E-state index in [9.17, 15) is 4.79 Å². The first-order valence-electron chi connectivity index (χ1n) is 8.27. The van der Waals surface area contributed by atoms with Gasteiger partial charge in [-0.2, -0.15) is 5.10 Å². The summed E-state index contributed by atoms with van der Waals surface area (Å²) in [4.78, 5) is 17.5. The molecule has 0 bridgehead atoms. The summed E-state index contributed by atoms with van der Waals surface area (Å²) in [6, 6.07) is 7.42. The number of benzene rings is 1. The van der Waals surface area contributed by atoms with Crippen molar-refractivity contribution in [2.24, 2.45) is 7.05 Å². The third-order valence-electron chi connectivity index (χ3n) is 4.36. The Balaban J connectivity index is 1.93. The van der Waals surface area contributed by atoms with Crippen LogP contribution in [0.2, 0.25) is 0 Å². The standard InChI is InChI=1S/C19H21BrN4O2/c1-10-8-14(17-12(3)23-24(4)18(17)21-10)19(25)22-11(2)13-6-7-16(26-5)15(20)9-13/h6-9,11H,1-5H3,(H,22,25). The van der Waals surface area contributed by atoms with Crippen LogP contribution in [0.25, 0.3) is 11.0 Å². The summed E-state index contributed by atoms with van der Waals surface area (Å²) in [5.74, 6) is 0.612. The molecule has 0 radical (unpaired) electrons. The number of halogens is 1. The Labute approximate surface area is 160 Å². The lowest BCUT2D eigenvalue weighted by atomic mass is 10.1. The highest BCUT2D eigenvalue weighted by molar-refractivity contribution is 9.10. The van der Waals surface area contributed by atoms with Gasteiger partial charge in [0.15, 0.2) is 5.65 Å². The van der Waals surface area contributed by atoms with E-state index in [1.165, 1.54) is 0 Å². The van der Waals surface area contributed by atoms with E-state index in [1.54, 1.807) is 11.8 Å². The predicted octanol–water partition coefficient (Wildman–Crippen LogP) is 3.85. The molecule has 1 aromatic carbocycles. The molecular formula is C19H21BrN4O2. The maximum atomic E-state index is 13.0. The Morgan fingerprint density at radius 2 is 2.04 bits per heavy atom. The van der Waals surface area contributed by atoms with Gasteiger partial charge in [0.1, 0.15) is 5.75 Å². The summed E-state index contributed by atoms with van der Waals surface area (Å²) in [5, 5.41) is 8.25. The van der Waals surface area contributed by atoms with Crippen LogP contribution in [0, 0.1) is 13.8 Å². The Bertz CT molecular complexity index is 997. The fourth-order valence-corrected chi connectivity index (χ4v) is 3.62. The van der Waals surface area contributed by atoms with Gasteiger partial charge in [0.2, 0.25) is 0 Å². The Hall–Kier alpha value is -2.41. The zero-order valence-corrected chi connectivity index (χ0v) is 17.0. The fourth-order valence-electron chi connectivity index (χ4n) is 3.06. The van der Waals surface area contributed by atoms with Crippen molar-refractivity contribution in [3.05, 3.63) is 51.3 Å². The lowest BCUT2D eigenvalue weighted by Crippen LogP contribution is -2.27. The van der Waals surface area contributed by atoms with Crippen molar-refractivity contribution in [1.82, 2.24) is 20.1 Å². The molecule has 0 spiro atoms. The normalized spacial score (nSPS) is 12.2. The van der Waals surface area contributed by atoms with Crippen molar-refractivity contribution >= 4 is 32.9 Å². The second-order valence-electron chi connectivity index (χ2n) is 6.31.